The molecule has 0 amide bonds. The molecule has 1 heterocycles. The summed E-state index contributed by atoms with van der Waals surface area (Å²) in [7, 11) is 0. The second-order valence-corrected chi connectivity index (χ2v) is 10.8. The monoisotopic (exact) mass is 587 g/mol. The lowest BCUT2D eigenvalue weighted by molar-refractivity contribution is 0.669. The normalized spacial score (nSPS) is 17.3. The summed E-state index contributed by atoms with van der Waals surface area (Å²) in [6, 6.07) is 4.28. The van der Waals surface area contributed by atoms with Crippen LogP contribution in [0.3, 0.4) is 0 Å². The quantitative estimate of drug-likeness (QED) is 0.145. The first-order chi connectivity index (χ1) is 29.4. The third-order valence-electron chi connectivity index (χ3n) is 8.38. The van der Waals surface area contributed by atoms with Gasteiger partial charge in [-0.2, -0.15) is 0 Å². The molecule has 0 radical (unpaired) electrons. The second-order valence-electron chi connectivity index (χ2n) is 10.8. The van der Waals surface area contributed by atoms with Gasteiger partial charge in [-0.15, -0.1) is 0 Å². The fraction of sp³-hybridized carbons (Fsp3) is 0. The van der Waals surface area contributed by atoms with Crippen molar-refractivity contribution in [1.82, 2.24) is 0 Å². The van der Waals surface area contributed by atoms with Crippen molar-refractivity contribution in [3.05, 3.63) is 157 Å². The molecule has 208 valence electrons. The Kier molecular flexibility index (Phi) is 2.76. The van der Waals surface area contributed by atoms with Crippen molar-refractivity contribution in [2.75, 3.05) is 0 Å². The van der Waals surface area contributed by atoms with E-state index >= 15 is 0 Å². The minimum absolute atomic E-state index is 0.0183. The van der Waals surface area contributed by atoms with Gasteiger partial charge >= 0.3 is 0 Å². The van der Waals surface area contributed by atoms with Crippen molar-refractivity contribution in [3.63, 3.8) is 0 Å². The summed E-state index contributed by atoms with van der Waals surface area (Å²) in [6.45, 7) is 0. The molecule has 45 heavy (non-hydrogen) atoms. The lowest BCUT2D eigenvalue weighted by Gasteiger charge is -2.19. The summed E-state index contributed by atoms with van der Waals surface area (Å²) in [5.74, 6) is 0. The van der Waals surface area contributed by atoms with E-state index in [1.807, 2.05) is 36.4 Å². The molecular formula is C44H26O. The maximum Gasteiger partial charge on any atom is 0.136 e. The molecule has 1 heteroatoms. The molecule has 0 fully saturated rings. The number of benzene rings is 9. The molecule has 0 bridgehead atoms. The molecule has 10 rings (SSSR count). The van der Waals surface area contributed by atoms with E-state index < -0.39 is 135 Å². The fourth-order valence-corrected chi connectivity index (χ4v) is 6.44. The zero-order valence-corrected chi connectivity index (χ0v) is 23.1. The Hall–Kier alpha value is -5.92. The standard InChI is InChI=1S/C44H26O/c1-2-12-28-26-42-39(23-27(28)11-1)38-25-30(21-22-41(38)45-42)43-34-17-7-9-19-36(34)44(37-20-10-8-18-35(37)43)40-24-29-13-3-4-14-31(29)32-15-5-6-16-33(32)40/h1-26H/i3D,4D,5D,6D,7D,8D,9D,10D,13D,14D,15D,16D,17D,18D,19D,20D,24D. The molecule has 0 aliphatic carbocycles. The number of furan rings is 1. The average molecular weight is 588 g/mol. The Bertz CT molecular complexity index is 3700. The molecule has 0 atom stereocenters. The largest absolute Gasteiger partial charge is 0.456 e. The van der Waals surface area contributed by atoms with Crippen molar-refractivity contribution in [1.29, 1.82) is 0 Å². The van der Waals surface area contributed by atoms with Crippen molar-refractivity contribution in [3.8, 4) is 22.3 Å². The molecule has 10 aromatic rings. The highest BCUT2D eigenvalue weighted by atomic mass is 16.3. The van der Waals surface area contributed by atoms with Gasteiger partial charge in [0, 0.05) is 10.8 Å². The number of rotatable bonds is 2. The Morgan fingerprint density at radius 3 is 1.67 bits per heavy atom. The number of hydrogen-bond donors (Lipinski definition) is 0. The minimum atomic E-state index is -0.786. The summed E-state index contributed by atoms with van der Waals surface area (Å²) in [5, 5.41) is 0.228. The Morgan fingerprint density at radius 1 is 0.400 bits per heavy atom. The fourth-order valence-electron chi connectivity index (χ4n) is 6.44. The molecule has 0 N–H and O–H groups in total. The van der Waals surface area contributed by atoms with Gasteiger partial charge in [0.1, 0.15) is 11.2 Å². The predicted octanol–water partition coefficient (Wildman–Crippen LogP) is 12.7. The van der Waals surface area contributed by atoms with Crippen molar-refractivity contribution >= 4 is 75.8 Å². The van der Waals surface area contributed by atoms with Crippen LogP contribution < -0.4 is 0 Å². The van der Waals surface area contributed by atoms with Gasteiger partial charge in [-0.3, -0.25) is 0 Å². The molecule has 0 unspecified atom stereocenters. The van der Waals surface area contributed by atoms with Crippen LogP contribution in [0, 0.1) is 0 Å². The van der Waals surface area contributed by atoms with Crippen LogP contribution >= 0.6 is 0 Å². The molecule has 9 aromatic carbocycles. The smallest absolute Gasteiger partial charge is 0.136 e. The molecule has 1 aromatic heterocycles. The highest BCUT2D eigenvalue weighted by Gasteiger charge is 2.20. The van der Waals surface area contributed by atoms with E-state index in [-0.39, 0.29) is 32.7 Å². The van der Waals surface area contributed by atoms with Crippen molar-refractivity contribution in [2.24, 2.45) is 0 Å². The zero-order chi connectivity index (χ0) is 44.3. The maximum atomic E-state index is 9.78. The topological polar surface area (TPSA) is 13.1 Å². The van der Waals surface area contributed by atoms with Gasteiger partial charge in [-0.1, -0.05) is 127 Å². The van der Waals surface area contributed by atoms with Crippen molar-refractivity contribution < 1.29 is 27.7 Å². The van der Waals surface area contributed by atoms with Gasteiger partial charge in [0.05, 0.1) is 23.3 Å². The zero-order valence-electron chi connectivity index (χ0n) is 40.1. The molecule has 0 saturated carbocycles. The van der Waals surface area contributed by atoms with E-state index in [1.54, 1.807) is 18.2 Å². The van der Waals surface area contributed by atoms with Crippen LogP contribution in [0.4, 0.5) is 0 Å². The third-order valence-corrected chi connectivity index (χ3v) is 8.38. The van der Waals surface area contributed by atoms with E-state index in [1.165, 1.54) is 0 Å². The first-order valence-electron chi connectivity index (χ1n) is 22.6. The third kappa shape index (κ3) is 3.56. The summed E-state index contributed by atoms with van der Waals surface area (Å²) >= 11 is 0. The van der Waals surface area contributed by atoms with Crippen molar-refractivity contribution in [2.45, 2.75) is 0 Å². The van der Waals surface area contributed by atoms with Crippen LogP contribution in [0.2, 0.25) is 0 Å². The van der Waals surface area contributed by atoms with Gasteiger partial charge in [0.2, 0.25) is 0 Å². The lowest BCUT2D eigenvalue weighted by Crippen LogP contribution is -1.92. The Labute approximate surface area is 283 Å². The predicted molar refractivity (Wildman–Crippen MR) is 192 cm³/mol. The maximum absolute atomic E-state index is 9.78. The molecular weight excluding hydrogens is 544 g/mol. The Balaban J connectivity index is 1.52. The summed E-state index contributed by atoms with van der Waals surface area (Å²) < 4.78 is 160. The van der Waals surface area contributed by atoms with Crippen LogP contribution in [0.5, 0.6) is 0 Å². The molecule has 0 spiro atoms. The average Bonchev–Trinajstić information content (AvgIpc) is 3.62. The molecule has 1 nitrogen and oxygen atoms in total. The van der Waals surface area contributed by atoms with Gasteiger partial charge < -0.3 is 4.42 Å². The number of fused-ring (bicyclic) bond motifs is 9. The van der Waals surface area contributed by atoms with Gasteiger partial charge in [0.25, 0.3) is 0 Å². The van der Waals surface area contributed by atoms with E-state index in [2.05, 4.69) is 0 Å². The van der Waals surface area contributed by atoms with E-state index in [4.69, 9.17) is 19.5 Å². The molecule has 0 aliphatic heterocycles. The highest BCUT2D eigenvalue weighted by molar-refractivity contribution is 6.26. The van der Waals surface area contributed by atoms with Crippen LogP contribution in [-0.2, 0) is 0 Å². The van der Waals surface area contributed by atoms with E-state index in [0.717, 1.165) is 10.8 Å². The minimum Gasteiger partial charge on any atom is -0.456 e. The molecule has 0 saturated heterocycles. The van der Waals surface area contributed by atoms with Gasteiger partial charge in [-0.05, 0) is 106 Å². The van der Waals surface area contributed by atoms with Crippen LogP contribution in [0.15, 0.2) is 162 Å². The van der Waals surface area contributed by atoms with E-state index in [0.29, 0.717) is 21.9 Å². The first kappa shape index (κ1) is 13.4. The Morgan fingerprint density at radius 2 is 0.956 bits per heavy atom. The lowest BCUT2D eigenvalue weighted by atomic mass is 9.83. The highest BCUT2D eigenvalue weighted by Crippen LogP contribution is 2.47. The summed E-state index contributed by atoms with van der Waals surface area (Å²) in [6.07, 6.45) is 0. The van der Waals surface area contributed by atoms with Crippen LogP contribution in [0.1, 0.15) is 23.3 Å². The van der Waals surface area contributed by atoms with Gasteiger partial charge in [-0.25, -0.2) is 0 Å². The summed E-state index contributed by atoms with van der Waals surface area (Å²) in [5.41, 5.74) is 0.384. The van der Waals surface area contributed by atoms with Crippen LogP contribution in [-0.4, -0.2) is 0 Å². The van der Waals surface area contributed by atoms with Crippen LogP contribution in [0.25, 0.3) is 98.1 Å². The SMILES string of the molecule is [2H]c1c([2H])c([2H])c2c(-c3c([2H])c4c([2H])c([2H])c([2H])c([2H])c4c4c([2H])c([2H])c([2H])c([2H])c34)c3c([2H])c([2H])c([2H])c([2H])c3c(-c3ccc4oc5cc6ccccc6cc5c4c3)c2c1[2H]. The first-order valence-corrected chi connectivity index (χ1v) is 14.1. The van der Waals surface area contributed by atoms with E-state index in [9.17, 15) is 8.22 Å². The van der Waals surface area contributed by atoms with Gasteiger partial charge in [0.15, 0.2) is 0 Å². The summed E-state index contributed by atoms with van der Waals surface area (Å²) in [4.78, 5) is 0. The number of hydrogen-bond acceptors (Lipinski definition) is 1. The second kappa shape index (κ2) is 9.29. The molecule has 0 aliphatic rings.